The maximum Gasteiger partial charge on any atom is 0.411 e. The first-order valence-electron chi connectivity index (χ1n) is 10.7. The van der Waals surface area contributed by atoms with E-state index in [1.54, 1.807) is 6.07 Å². The Bertz CT molecular complexity index is 1070. The van der Waals surface area contributed by atoms with Crippen LogP contribution in [0.15, 0.2) is 77.3 Å². The highest BCUT2D eigenvalue weighted by Crippen LogP contribution is 2.16. The Kier molecular flexibility index (Phi) is 9.32. The third-order valence-electron chi connectivity index (χ3n) is 4.98. The highest BCUT2D eigenvalue weighted by Gasteiger charge is 2.07. The summed E-state index contributed by atoms with van der Waals surface area (Å²) >= 11 is 3.45. The molecule has 3 rings (SSSR count). The number of benzene rings is 3. The molecule has 0 heterocycles. The van der Waals surface area contributed by atoms with Crippen LogP contribution in [0.4, 0.5) is 15.3 Å². The summed E-state index contributed by atoms with van der Waals surface area (Å²) < 4.78 is 11.5. The predicted octanol–water partition coefficient (Wildman–Crippen LogP) is 6.02. The molecule has 172 valence electrons. The topological polar surface area (TPSA) is 76.7 Å². The highest BCUT2D eigenvalue weighted by atomic mass is 79.9. The fourth-order valence-corrected chi connectivity index (χ4v) is 3.71. The maximum absolute atomic E-state index is 12.1. The molecule has 0 atom stereocenters. The van der Waals surface area contributed by atoms with Crippen molar-refractivity contribution in [2.75, 3.05) is 18.5 Å². The van der Waals surface area contributed by atoms with Gasteiger partial charge in [0, 0.05) is 23.1 Å². The van der Waals surface area contributed by atoms with E-state index in [1.165, 1.54) is 0 Å². The molecule has 0 bridgehead atoms. The van der Waals surface area contributed by atoms with Gasteiger partial charge in [-0.15, -0.1) is 0 Å². The summed E-state index contributed by atoms with van der Waals surface area (Å²) in [5.74, 6) is 0. The molecule has 0 unspecified atom stereocenters. The molecule has 2 N–H and O–H groups in total. The average molecular weight is 511 g/mol. The fraction of sp³-hybridized carbons (Fsp3) is 0.231. The van der Waals surface area contributed by atoms with Crippen molar-refractivity contribution in [3.05, 3.63) is 99.5 Å². The number of alkyl carbamates (subject to hydrolysis) is 1. The minimum atomic E-state index is -0.496. The van der Waals surface area contributed by atoms with Gasteiger partial charge in [0.2, 0.25) is 0 Å². The van der Waals surface area contributed by atoms with Crippen LogP contribution in [-0.4, -0.2) is 25.3 Å². The first kappa shape index (κ1) is 24.3. The number of ether oxygens (including phenoxy) is 2. The van der Waals surface area contributed by atoms with Gasteiger partial charge < -0.3 is 14.8 Å². The second kappa shape index (κ2) is 12.6. The van der Waals surface area contributed by atoms with Crippen LogP contribution in [-0.2, 0) is 28.9 Å². The number of aryl methyl sites for hydroxylation is 1. The largest absolute Gasteiger partial charge is 0.449 e. The third kappa shape index (κ3) is 8.61. The molecule has 0 aliphatic carbocycles. The van der Waals surface area contributed by atoms with Crippen molar-refractivity contribution in [3.63, 3.8) is 0 Å². The number of halogens is 1. The minimum Gasteiger partial charge on any atom is -0.449 e. The zero-order chi connectivity index (χ0) is 23.5. The van der Waals surface area contributed by atoms with Crippen LogP contribution < -0.4 is 10.6 Å². The summed E-state index contributed by atoms with van der Waals surface area (Å²) in [7, 11) is 0. The molecule has 3 aromatic rings. The Morgan fingerprint density at radius 2 is 1.64 bits per heavy atom. The van der Waals surface area contributed by atoms with Crippen LogP contribution in [0.3, 0.4) is 0 Å². The monoisotopic (exact) mass is 510 g/mol. The molecular formula is C26H27BrN2O4. The molecule has 0 aromatic heterocycles. The number of hydrogen-bond donors (Lipinski definition) is 2. The average Bonchev–Trinajstić information content (AvgIpc) is 2.80. The molecule has 2 amide bonds. The Morgan fingerprint density at radius 1 is 0.848 bits per heavy atom. The number of rotatable bonds is 9. The Balaban J connectivity index is 1.37. The van der Waals surface area contributed by atoms with Gasteiger partial charge in [-0.3, -0.25) is 5.32 Å². The van der Waals surface area contributed by atoms with E-state index in [2.05, 4.69) is 26.6 Å². The first-order chi connectivity index (χ1) is 16.0. The maximum atomic E-state index is 12.1. The Hall–Kier alpha value is -3.32. The van der Waals surface area contributed by atoms with Gasteiger partial charge in [0.1, 0.15) is 6.61 Å². The Morgan fingerprint density at radius 3 is 2.42 bits per heavy atom. The highest BCUT2D eigenvalue weighted by molar-refractivity contribution is 9.10. The molecule has 0 radical (unpaired) electrons. The summed E-state index contributed by atoms with van der Waals surface area (Å²) in [6, 6.07) is 23.0. The van der Waals surface area contributed by atoms with Gasteiger partial charge >= 0.3 is 12.2 Å². The van der Waals surface area contributed by atoms with Gasteiger partial charge in [0.25, 0.3) is 0 Å². The molecule has 6 nitrogen and oxygen atoms in total. The molecule has 0 aliphatic heterocycles. The van der Waals surface area contributed by atoms with Gasteiger partial charge in [-0.2, -0.15) is 0 Å². The minimum absolute atomic E-state index is 0.232. The van der Waals surface area contributed by atoms with Crippen molar-refractivity contribution < 1.29 is 19.1 Å². The van der Waals surface area contributed by atoms with E-state index in [4.69, 9.17) is 9.47 Å². The number of hydrogen-bond acceptors (Lipinski definition) is 4. The molecule has 0 aliphatic rings. The second-order valence-corrected chi connectivity index (χ2v) is 8.44. The summed E-state index contributed by atoms with van der Waals surface area (Å²) in [6.07, 6.45) is 0.300. The van der Waals surface area contributed by atoms with Crippen LogP contribution in [0.2, 0.25) is 0 Å². The third-order valence-corrected chi connectivity index (χ3v) is 5.47. The van der Waals surface area contributed by atoms with E-state index in [0.29, 0.717) is 31.7 Å². The van der Waals surface area contributed by atoms with Crippen molar-refractivity contribution in [2.45, 2.75) is 26.4 Å². The lowest BCUT2D eigenvalue weighted by Crippen LogP contribution is -2.26. The van der Waals surface area contributed by atoms with Crippen LogP contribution in [0.1, 0.15) is 22.3 Å². The smallest absolute Gasteiger partial charge is 0.411 e. The molecule has 0 fully saturated rings. The van der Waals surface area contributed by atoms with E-state index in [9.17, 15) is 9.59 Å². The quantitative estimate of drug-likeness (QED) is 0.369. The lowest BCUT2D eigenvalue weighted by atomic mass is 10.1. The van der Waals surface area contributed by atoms with Crippen LogP contribution >= 0.6 is 15.9 Å². The zero-order valence-electron chi connectivity index (χ0n) is 18.5. The van der Waals surface area contributed by atoms with Gasteiger partial charge in [0.05, 0.1) is 6.61 Å². The summed E-state index contributed by atoms with van der Waals surface area (Å²) in [4.78, 5) is 24.0. The van der Waals surface area contributed by atoms with Crippen molar-refractivity contribution in [1.29, 1.82) is 0 Å². The number of anilines is 1. The van der Waals surface area contributed by atoms with Gasteiger partial charge in [-0.05, 0) is 59.9 Å². The molecule has 0 saturated heterocycles. The van der Waals surface area contributed by atoms with Crippen molar-refractivity contribution in [3.8, 4) is 0 Å². The van der Waals surface area contributed by atoms with Gasteiger partial charge in [-0.1, -0.05) is 64.5 Å². The number of carbonyl (C=O) groups is 2. The van der Waals surface area contributed by atoms with E-state index in [1.807, 2.05) is 73.7 Å². The van der Waals surface area contributed by atoms with Gasteiger partial charge in [-0.25, -0.2) is 9.59 Å². The molecule has 7 heteroatoms. The summed E-state index contributed by atoms with van der Waals surface area (Å²) in [5, 5.41) is 5.49. The first-order valence-corrected chi connectivity index (χ1v) is 11.5. The SMILES string of the molecule is Cc1cc(Br)ccc1CCOC(=O)Nc1cccc(CCNC(=O)OCc2ccccc2)c1. The van der Waals surface area contributed by atoms with E-state index >= 15 is 0 Å². The van der Waals surface area contributed by atoms with Crippen LogP contribution in [0, 0.1) is 6.92 Å². The van der Waals surface area contributed by atoms with Crippen molar-refractivity contribution in [2.24, 2.45) is 0 Å². The molecule has 0 saturated carbocycles. The normalized spacial score (nSPS) is 10.4. The van der Waals surface area contributed by atoms with Crippen LogP contribution in [0.5, 0.6) is 0 Å². The molecular weight excluding hydrogens is 484 g/mol. The lowest BCUT2D eigenvalue weighted by molar-refractivity contribution is 0.140. The predicted molar refractivity (Wildman–Crippen MR) is 132 cm³/mol. The summed E-state index contributed by atoms with van der Waals surface area (Å²) in [5.41, 5.74) is 4.84. The second-order valence-electron chi connectivity index (χ2n) is 7.52. The number of carbonyl (C=O) groups excluding carboxylic acids is 2. The van der Waals surface area contributed by atoms with Gasteiger partial charge in [0.15, 0.2) is 0 Å². The molecule has 3 aromatic carbocycles. The number of nitrogens with one attached hydrogen (secondary N) is 2. The van der Waals surface area contributed by atoms with E-state index in [-0.39, 0.29) is 6.61 Å². The van der Waals surface area contributed by atoms with Crippen LogP contribution in [0.25, 0.3) is 0 Å². The van der Waals surface area contributed by atoms with E-state index in [0.717, 1.165) is 26.7 Å². The Labute approximate surface area is 202 Å². The number of amides is 2. The fourth-order valence-electron chi connectivity index (χ4n) is 3.24. The van der Waals surface area contributed by atoms with Crippen molar-refractivity contribution in [1.82, 2.24) is 5.32 Å². The van der Waals surface area contributed by atoms with Crippen molar-refractivity contribution >= 4 is 33.8 Å². The standard InChI is InChI=1S/C26H27BrN2O4/c1-19-16-23(27)11-10-22(19)13-15-32-26(31)29-24-9-5-8-20(17-24)12-14-28-25(30)33-18-21-6-3-2-4-7-21/h2-11,16-17H,12-15,18H2,1H3,(H,28,30)(H,29,31). The summed E-state index contributed by atoms with van der Waals surface area (Å²) in [6.45, 7) is 2.98. The van der Waals surface area contributed by atoms with E-state index < -0.39 is 12.2 Å². The molecule has 33 heavy (non-hydrogen) atoms. The zero-order valence-corrected chi connectivity index (χ0v) is 20.1. The molecule has 0 spiro atoms. The lowest BCUT2D eigenvalue weighted by Gasteiger charge is -2.10.